The third kappa shape index (κ3) is 2.84. The summed E-state index contributed by atoms with van der Waals surface area (Å²) < 4.78 is 33.9. The van der Waals surface area contributed by atoms with Gasteiger partial charge >= 0.3 is 0 Å². The van der Waals surface area contributed by atoms with Crippen molar-refractivity contribution < 1.29 is 17.9 Å². The fourth-order valence-corrected chi connectivity index (χ4v) is 4.24. The Labute approximate surface area is 112 Å². The Kier molecular flexibility index (Phi) is 3.36. The Morgan fingerprint density at radius 2 is 2.21 bits per heavy atom. The molecule has 3 rings (SSSR count). The summed E-state index contributed by atoms with van der Waals surface area (Å²) in [6, 6.07) is 5.80. The SMILES string of the molecule is O=S1(=O)CCCC(NCc2cccc3c2OCO3)C1. The summed E-state index contributed by atoms with van der Waals surface area (Å²) in [7, 11) is -2.87. The minimum Gasteiger partial charge on any atom is -0.454 e. The van der Waals surface area contributed by atoms with E-state index in [0.717, 1.165) is 29.9 Å². The van der Waals surface area contributed by atoms with Crippen LogP contribution in [0, 0.1) is 0 Å². The number of hydrogen-bond donors (Lipinski definition) is 1. The molecule has 2 aliphatic rings. The van der Waals surface area contributed by atoms with Crippen LogP contribution in [-0.4, -0.2) is 32.8 Å². The minimum atomic E-state index is -2.87. The predicted molar refractivity (Wildman–Crippen MR) is 71.1 cm³/mol. The van der Waals surface area contributed by atoms with Crippen molar-refractivity contribution in [2.75, 3.05) is 18.3 Å². The van der Waals surface area contributed by atoms with Gasteiger partial charge in [0, 0.05) is 18.2 Å². The Balaban J connectivity index is 1.65. The molecule has 5 nitrogen and oxygen atoms in total. The number of ether oxygens (including phenoxy) is 2. The first-order valence-electron chi connectivity index (χ1n) is 6.45. The third-order valence-corrected chi connectivity index (χ3v) is 5.34. The largest absolute Gasteiger partial charge is 0.454 e. The number of hydrogen-bond acceptors (Lipinski definition) is 5. The van der Waals surface area contributed by atoms with Gasteiger partial charge in [-0.05, 0) is 18.9 Å². The molecule has 1 N–H and O–H groups in total. The summed E-state index contributed by atoms with van der Waals surface area (Å²) in [4.78, 5) is 0. The lowest BCUT2D eigenvalue weighted by Crippen LogP contribution is -2.39. The molecule has 0 radical (unpaired) electrons. The smallest absolute Gasteiger partial charge is 0.231 e. The molecule has 19 heavy (non-hydrogen) atoms. The Bertz CT molecular complexity index is 570. The topological polar surface area (TPSA) is 64.6 Å². The quantitative estimate of drug-likeness (QED) is 0.899. The third-order valence-electron chi connectivity index (χ3n) is 3.52. The predicted octanol–water partition coefficient (Wildman–Crippen LogP) is 1.08. The zero-order chi connectivity index (χ0) is 13.3. The summed E-state index contributed by atoms with van der Waals surface area (Å²) in [5.74, 6) is 2.09. The molecule has 1 aromatic carbocycles. The van der Waals surface area contributed by atoms with E-state index in [4.69, 9.17) is 9.47 Å². The molecule has 1 fully saturated rings. The van der Waals surface area contributed by atoms with Crippen LogP contribution in [0.2, 0.25) is 0 Å². The van der Waals surface area contributed by atoms with E-state index < -0.39 is 9.84 Å². The molecule has 0 bridgehead atoms. The summed E-state index contributed by atoms with van der Waals surface area (Å²) in [5, 5.41) is 3.31. The first kappa shape index (κ1) is 12.7. The van der Waals surface area contributed by atoms with E-state index >= 15 is 0 Å². The highest BCUT2D eigenvalue weighted by Crippen LogP contribution is 2.35. The van der Waals surface area contributed by atoms with Crippen molar-refractivity contribution in [2.24, 2.45) is 0 Å². The molecular weight excluding hydrogens is 266 g/mol. The van der Waals surface area contributed by atoms with Gasteiger partial charge in [-0.2, -0.15) is 0 Å². The van der Waals surface area contributed by atoms with Crippen LogP contribution in [0.4, 0.5) is 0 Å². The monoisotopic (exact) mass is 283 g/mol. The summed E-state index contributed by atoms with van der Waals surface area (Å²) in [5.41, 5.74) is 1.01. The normalized spacial score (nSPS) is 24.3. The van der Waals surface area contributed by atoms with Crippen LogP contribution in [0.25, 0.3) is 0 Å². The van der Waals surface area contributed by atoms with Crippen molar-refractivity contribution in [1.29, 1.82) is 0 Å². The molecule has 0 amide bonds. The maximum absolute atomic E-state index is 11.6. The van der Waals surface area contributed by atoms with Crippen LogP contribution >= 0.6 is 0 Å². The lowest BCUT2D eigenvalue weighted by molar-refractivity contribution is 0.173. The minimum absolute atomic E-state index is 0.0388. The highest BCUT2D eigenvalue weighted by molar-refractivity contribution is 7.91. The molecule has 104 valence electrons. The highest BCUT2D eigenvalue weighted by Gasteiger charge is 2.25. The molecule has 1 unspecified atom stereocenters. The molecule has 6 heteroatoms. The van der Waals surface area contributed by atoms with Gasteiger partial charge in [0.1, 0.15) is 0 Å². The maximum Gasteiger partial charge on any atom is 0.231 e. The lowest BCUT2D eigenvalue weighted by atomic mass is 10.1. The fourth-order valence-electron chi connectivity index (χ4n) is 2.57. The summed E-state index contributed by atoms with van der Waals surface area (Å²) in [6.07, 6.45) is 1.65. The van der Waals surface area contributed by atoms with Crippen molar-refractivity contribution in [1.82, 2.24) is 5.32 Å². The van der Waals surface area contributed by atoms with E-state index in [2.05, 4.69) is 5.32 Å². The van der Waals surface area contributed by atoms with Crippen molar-refractivity contribution in [3.05, 3.63) is 23.8 Å². The molecule has 1 saturated heterocycles. The maximum atomic E-state index is 11.6. The second-order valence-corrected chi connectivity index (χ2v) is 7.21. The van der Waals surface area contributed by atoms with Gasteiger partial charge in [0.25, 0.3) is 0 Å². The van der Waals surface area contributed by atoms with Gasteiger partial charge in [-0.15, -0.1) is 0 Å². The standard InChI is InChI=1S/C13H17NO4S/c15-19(16)6-2-4-11(8-19)14-7-10-3-1-5-12-13(10)18-9-17-12/h1,3,5,11,14H,2,4,6-9H2. The van der Waals surface area contributed by atoms with Crippen LogP contribution in [0.15, 0.2) is 18.2 Å². The van der Waals surface area contributed by atoms with Gasteiger partial charge in [-0.1, -0.05) is 12.1 Å². The second-order valence-electron chi connectivity index (χ2n) is 4.99. The van der Waals surface area contributed by atoms with Gasteiger partial charge in [0.05, 0.1) is 11.5 Å². The molecule has 0 aliphatic carbocycles. The Hall–Kier alpha value is -1.27. The summed E-state index contributed by atoms with van der Waals surface area (Å²) in [6.45, 7) is 0.858. The van der Waals surface area contributed by atoms with Crippen molar-refractivity contribution >= 4 is 9.84 Å². The zero-order valence-corrected chi connectivity index (χ0v) is 11.4. The van der Waals surface area contributed by atoms with Gasteiger partial charge in [-0.25, -0.2) is 8.42 Å². The van der Waals surface area contributed by atoms with Gasteiger partial charge < -0.3 is 14.8 Å². The van der Waals surface area contributed by atoms with Gasteiger partial charge in [-0.3, -0.25) is 0 Å². The second kappa shape index (κ2) is 5.02. The van der Waals surface area contributed by atoms with Crippen LogP contribution in [0.1, 0.15) is 18.4 Å². The number of sulfone groups is 1. The number of fused-ring (bicyclic) bond motifs is 1. The van der Waals surface area contributed by atoms with Crippen molar-refractivity contribution in [3.63, 3.8) is 0 Å². The summed E-state index contributed by atoms with van der Waals surface area (Å²) >= 11 is 0. The van der Waals surface area contributed by atoms with Crippen LogP contribution in [0.3, 0.4) is 0 Å². The van der Waals surface area contributed by atoms with Crippen molar-refractivity contribution in [2.45, 2.75) is 25.4 Å². The first-order valence-corrected chi connectivity index (χ1v) is 8.27. The van der Waals surface area contributed by atoms with Crippen molar-refractivity contribution in [3.8, 4) is 11.5 Å². The van der Waals surface area contributed by atoms with Gasteiger partial charge in [0.15, 0.2) is 21.3 Å². The Morgan fingerprint density at radius 1 is 1.32 bits per heavy atom. The van der Waals surface area contributed by atoms with E-state index in [9.17, 15) is 8.42 Å². The van der Waals surface area contributed by atoms with Crippen LogP contribution < -0.4 is 14.8 Å². The average molecular weight is 283 g/mol. The highest BCUT2D eigenvalue weighted by atomic mass is 32.2. The molecule has 2 heterocycles. The zero-order valence-electron chi connectivity index (χ0n) is 10.6. The molecule has 0 aromatic heterocycles. The van der Waals surface area contributed by atoms with Crippen LogP contribution in [0.5, 0.6) is 11.5 Å². The Morgan fingerprint density at radius 3 is 3.05 bits per heavy atom. The fraction of sp³-hybridized carbons (Fsp3) is 0.538. The van der Waals surface area contributed by atoms with E-state index in [1.165, 1.54) is 0 Å². The van der Waals surface area contributed by atoms with E-state index in [-0.39, 0.29) is 18.6 Å². The van der Waals surface area contributed by atoms with E-state index in [0.29, 0.717) is 12.3 Å². The molecule has 0 spiro atoms. The number of para-hydroxylation sites is 1. The number of benzene rings is 1. The molecule has 1 atom stereocenters. The van der Waals surface area contributed by atoms with Crippen LogP contribution in [-0.2, 0) is 16.4 Å². The molecule has 2 aliphatic heterocycles. The molecule has 1 aromatic rings. The van der Waals surface area contributed by atoms with Gasteiger partial charge in [0.2, 0.25) is 6.79 Å². The molecule has 0 saturated carbocycles. The lowest BCUT2D eigenvalue weighted by Gasteiger charge is -2.23. The molecular formula is C13H17NO4S. The number of nitrogens with one attached hydrogen (secondary N) is 1. The average Bonchev–Trinajstić information content (AvgIpc) is 2.84. The number of rotatable bonds is 3. The first-order chi connectivity index (χ1) is 9.14. The van der Waals surface area contributed by atoms with E-state index in [1.807, 2.05) is 18.2 Å². The van der Waals surface area contributed by atoms with E-state index in [1.54, 1.807) is 0 Å².